The van der Waals surface area contributed by atoms with Crippen molar-refractivity contribution in [2.24, 2.45) is 5.73 Å². The summed E-state index contributed by atoms with van der Waals surface area (Å²) in [4.78, 5) is 10.7. The number of aliphatic carboxylic acids is 1. The Morgan fingerprint density at radius 3 is 2.53 bits per heavy atom. The molecule has 15 heavy (non-hydrogen) atoms. The second-order valence-electron chi connectivity index (χ2n) is 3.39. The van der Waals surface area contributed by atoms with Crippen LogP contribution in [0.25, 0.3) is 0 Å². The number of benzene rings is 1. The van der Waals surface area contributed by atoms with E-state index in [1.165, 1.54) is 0 Å². The number of carboxylic acids is 1. The molecule has 0 saturated carbocycles. The molecule has 0 fully saturated rings. The van der Waals surface area contributed by atoms with Crippen LogP contribution < -0.4 is 5.73 Å². The molecule has 1 aromatic rings. The molecule has 4 N–H and O–H groups in total. The number of carbonyl (C=O) groups is 1. The van der Waals surface area contributed by atoms with E-state index in [9.17, 15) is 9.90 Å². The summed E-state index contributed by atoms with van der Waals surface area (Å²) in [6.07, 6.45) is 0. The number of rotatable bonds is 2. The average molecular weight is 274 g/mol. The molecule has 1 unspecified atom stereocenters. The zero-order chi connectivity index (χ0) is 11.7. The Balaban J connectivity index is 3.38. The lowest BCUT2D eigenvalue weighted by Gasteiger charge is -2.14. The van der Waals surface area contributed by atoms with Gasteiger partial charge in [-0.05, 0) is 46.5 Å². The minimum atomic E-state index is -1.11. The van der Waals surface area contributed by atoms with Crippen LogP contribution in [0.3, 0.4) is 0 Å². The first-order valence-electron chi connectivity index (χ1n) is 4.33. The molecule has 0 radical (unpaired) electrons. The number of carboxylic acid groups (broad SMARTS) is 1. The van der Waals surface area contributed by atoms with Crippen LogP contribution in [0.5, 0.6) is 5.75 Å². The lowest BCUT2D eigenvalue weighted by molar-refractivity contribution is -0.138. The maximum atomic E-state index is 10.7. The van der Waals surface area contributed by atoms with Crippen molar-refractivity contribution in [3.63, 3.8) is 0 Å². The zero-order valence-electron chi connectivity index (χ0n) is 8.41. The Labute approximate surface area is 95.8 Å². The zero-order valence-corrected chi connectivity index (χ0v) is 10.00. The van der Waals surface area contributed by atoms with Gasteiger partial charge in [-0.1, -0.05) is 6.07 Å². The number of hydrogen-bond donors (Lipinski definition) is 3. The molecule has 0 aliphatic carbocycles. The number of halogens is 1. The van der Waals surface area contributed by atoms with Gasteiger partial charge >= 0.3 is 5.97 Å². The highest BCUT2D eigenvalue weighted by atomic mass is 79.9. The van der Waals surface area contributed by atoms with Gasteiger partial charge < -0.3 is 15.9 Å². The van der Waals surface area contributed by atoms with E-state index < -0.39 is 12.0 Å². The first-order valence-corrected chi connectivity index (χ1v) is 5.12. The minimum Gasteiger partial charge on any atom is -0.506 e. The van der Waals surface area contributed by atoms with Crippen molar-refractivity contribution in [1.82, 2.24) is 0 Å². The van der Waals surface area contributed by atoms with Crippen LogP contribution in [0.2, 0.25) is 0 Å². The summed E-state index contributed by atoms with van der Waals surface area (Å²) in [5.41, 5.74) is 7.17. The Kier molecular flexibility index (Phi) is 3.36. The van der Waals surface area contributed by atoms with Gasteiger partial charge in [0, 0.05) is 0 Å². The largest absolute Gasteiger partial charge is 0.506 e. The number of aromatic hydroxyl groups is 1. The normalized spacial score (nSPS) is 12.5. The van der Waals surface area contributed by atoms with Crippen molar-refractivity contribution in [2.45, 2.75) is 19.9 Å². The lowest BCUT2D eigenvalue weighted by Crippen LogP contribution is -2.21. The SMILES string of the molecule is Cc1cc(C(N)C(=O)O)c(C)c(O)c1Br. The standard InChI is InChI=1S/C10H12BrNO3/c1-4-3-6(8(12)10(14)15)5(2)9(13)7(4)11/h3,8,13H,12H2,1-2H3,(H,14,15). The van der Waals surface area contributed by atoms with E-state index in [1.807, 2.05) is 0 Å². The lowest BCUT2D eigenvalue weighted by atomic mass is 9.98. The van der Waals surface area contributed by atoms with E-state index in [0.29, 0.717) is 15.6 Å². The van der Waals surface area contributed by atoms with Gasteiger partial charge in [-0.3, -0.25) is 4.79 Å². The molecule has 0 aliphatic heterocycles. The first kappa shape index (κ1) is 12.0. The maximum Gasteiger partial charge on any atom is 0.325 e. The van der Waals surface area contributed by atoms with Crippen molar-refractivity contribution in [1.29, 1.82) is 0 Å². The fraction of sp³-hybridized carbons (Fsp3) is 0.300. The molecule has 0 aromatic heterocycles. The van der Waals surface area contributed by atoms with Crippen molar-refractivity contribution in [2.75, 3.05) is 0 Å². The maximum absolute atomic E-state index is 10.7. The summed E-state index contributed by atoms with van der Waals surface area (Å²) in [6, 6.07) is 0.556. The molecule has 0 heterocycles. The van der Waals surface area contributed by atoms with Gasteiger partial charge in [-0.2, -0.15) is 0 Å². The fourth-order valence-corrected chi connectivity index (χ4v) is 1.76. The molecule has 0 saturated heterocycles. The molecular weight excluding hydrogens is 262 g/mol. The smallest absolute Gasteiger partial charge is 0.325 e. The minimum absolute atomic E-state index is 0.0432. The van der Waals surface area contributed by atoms with Crippen LogP contribution in [0.4, 0.5) is 0 Å². The van der Waals surface area contributed by atoms with E-state index in [2.05, 4.69) is 15.9 Å². The van der Waals surface area contributed by atoms with E-state index in [4.69, 9.17) is 10.8 Å². The molecule has 1 rings (SSSR count). The van der Waals surface area contributed by atoms with E-state index >= 15 is 0 Å². The first-order chi connectivity index (χ1) is 6.86. The summed E-state index contributed by atoms with van der Waals surface area (Å²) < 4.78 is 0.571. The molecule has 0 spiro atoms. The third-order valence-corrected chi connectivity index (χ3v) is 3.32. The summed E-state index contributed by atoms with van der Waals surface area (Å²) >= 11 is 3.21. The van der Waals surface area contributed by atoms with Gasteiger partial charge in [0.2, 0.25) is 0 Å². The number of hydrogen-bond acceptors (Lipinski definition) is 3. The number of phenols is 1. The van der Waals surface area contributed by atoms with Gasteiger partial charge in [0.05, 0.1) is 4.47 Å². The van der Waals surface area contributed by atoms with Crippen LogP contribution in [-0.4, -0.2) is 16.2 Å². The van der Waals surface area contributed by atoms with Crippen molar-refractivity contribution < 1.29 is 15.0 Å². The predicted molar refractivity (Wildman–Crippen MR) is 59.8 cm³/mol. The van der Waals surface area contributed by atoms with Crippen LogP contribution >= 0.6 is 15.9 Å². The van der Waals surface area contributed by atoms with Crippen LogP contribution in [0.1, 0.15) is 22.7 Å². The van der Waals surface area contributed by atoms with Crippen LogP contribution in [0, 0.1) is 13.8 Å². The Morgan fingerprint density at radius 2 is 2.07 bits per heavy atom. The molecule has 1 aromatic carbocycles. The molecule has 1 atom stereocenters. The Hall–Kier alpha value is -1.07. The molecule has 0 aliphatic rings. The second-order valence-corrected chi connectivity index (χ2v) is 4.18. The van der Waals surface area contributed by atoms with Gasteiger partial charge in [0.1, 0.15) is 11.8 Å². The fourth-order valence-electron chi connectivity index (χ4n) is 1.35. The molecule has 0 amide bonds. The molecule has 0 bridgehead atoms. The number of aryl methyl sites for hydroxylation is 1. The molecule has 82 valence electrons. The molecule has 5 heteroatoms. The molecular formula is C10H12BrNO3. The van der Waals surface area contributed by atoms with Crippen molar-refractivity contribution in [3.05, 3.63) is 27.2 Å². The summed E-state index contributed by atoms with van der Waals surface area (Å²) in [5.74, 6) is -1.07. The van der Waals surface area contributed by atoms with Crippen molar-refractivity contribution >= 4 is 21.9 Å². The second kappa shape index (κ2) is 4.20. The third-order valence-electron chi connectivity index (χ3n) is 2.32. The van der Waals surface area contributed by atoms with Gasteiger partial charge in [0.25, 0.3) is 0 Å². The van der Waals surface area contributed by atoms with Crippen molar-refractivity contribution in [3.8, 4) is 5.75 Å². The third kappa shape index (κ3) is 2.13. The van der Waals surface area contributed by atoms with Crippen LogP contribution in [0.15, 0.2) is 10.5 Å². The monoisotopic (exact) mass is 273 g/mol. The highest BCUT2D eigenvalue weighted by Gasteiger charge is 2.20. The summed E-state index contributed by atoms with van der Waals surface area (Å²) in [7, 11) is 0. The predicted octanol–water partition coefficient (Wildman–Crippen LogP) is 1.86. The topological polar surface area (TPSA) is 83.6 Å². The van der Waals surface area contributed by atoms with Gasteiger partial charge in [-0.25, -0.2) is 0 Å². The highest BCUT2D eigenvalue weighted by Crippen LogP contribution is 2.34. The Morgan fingerprint density at radius 1 is 1.53 bits per heavy atom. The van der Waals surface area contributed by atoms with E-state index in [-0.39, 0.29) is 5.75 Å². The average Bonchev–Trinajstić information content (AvgIpc) is 2.19. The van der Waals surface area contributed by atoms with Gasteiger partial charge in [0.15, 0.2) is 0 Å². The summed E-state index contributed by atoms with van der Waals surface area (Å²) in [6.45, 7) is 3.40. The molecule has 4 nitrogen and oxygen atoms in total. The number of nitrogens with two attached hydrogens (primary N) is 1. The van der Waals surface area contributed by atoms with Crippen LogP contribution in [-0.2, 0) is 4.79 Å². The highest BCUT2D eigenvalue weighted by molar-refractivity contribution is 9.10. The Bertz CT molecular complexity index is 418. The quantitative estimate of drug-likeness (QED) is 0.768. The van der Waals surface area contributed by atoms with E-state index in [1.54, 1.807) is 19.9 Å². The number of phenolic OH excluding ortho intramolecular Hbond substituents is 1. The van der Waals surface area contributed by atoms with Gasteiger partial charge in [-0.15, -0.1) is 0 Å². The van der Waals surface area contributed by atoms with E-state index in [0.717, 1.165) is 5.56 Å². The summed E-state index contributed by atoms with van der Waals surface area (Å²) in [5, 5.41) is 18.5.